The molecule has 0 bridgehead atoms. The Morgan fingerprint density at radius 3 is 2.65 bits per heavy atom. The Morgan fingerprint density at radius 2 is 1.94 bits per heavy atom. The molecule has 4 atom stereocenters. The van der Waals surface area contributed by atoms with E-state index in [4.69, 9.17) is 4.74 Å². The Hall–Kier alpha value is -3.46. The Morgan fingerprint density at radius 1 is 1.13 bits per heavy atom. The lowest BCUT2D eigenvalue weighted by Gasteiger charge is -2.20. The van der Waals surface area contributed by atoms with Crippen LogP contribution in [0.5, 0.6) is 0 Å². The van der Waals surface area contributed by atoms with Crippen molar-refractivity contribution >= 4 is 28.3 Å². The van der Waals surface area contributed by atoms with Gasteiger partial charge in [0.05, 0.1) is 19.1 Å². The highest BCUT2D eigenvalue weighted by Crippen LogP contribution is 2.31. The number of aliphatic hydroxyl groups excluding tert-OH is 3. The number of ether oxygens (including phenoxy) is 1. The topological polar surface area (TPSA) is 169 Å². The van der Waals surface area contributed by atoms with Crippen molar-refractivity contribution in [2.75, 3.05) is 25.6 Å². The van der Waals surface area contributed by atoms with Gasteiger partial charge in [-0.25, -0.2) is 24.6 Å². The number of aliphatic hydroxyl groups is 3. The second-order valence-corrected chi connectivity index (χ2v) is 7.30. The molecule has 0 amide bonds. The lowest BCUT2D eigenvalue weighted by atomic mass is 10.1. The summed E-state index contributed by atoms with van der Waals surface area (Å²) in [6.07, 6.45) is 0.945. The first kappa shape index (κ1) is 19.5. The van der Waals surface area contributed by atoms with E-state index in [1.165, 1.54) is 39.1 Å². The molecule has 0 aliphatic carbocycles. The zero-order valence-electron chi connectivity index (χ0n) is 16.5. The van der Waals surface area contributed by atoms with Gasteiger partial charge in [0.25, 0.3) is 0 Å². The maximum Gasteiger partial charge on any atom is 0.302 e. The van der Waals surface area contributed by atoms with Gasteiger partial charge in [0.15, 0.2) is 23.0 Å². The highest BCUT2D eigenvalue weighted by atomic mass is 16.6. The summed E-state index contributed by atoms with van der Waals surface area (Å²) in [5.41, 5.74) is 0.565. The molecule has 0 radical (unpaired) electrons. The molecule has 1 aliphatic rings. The third-order valence-corrected chi connectivity index (χ3v) is 5.16. The molecule has 4 aromatic rings. The monoisotopic (exact) mass is 429 g/mol. The van der Waals surface area contributed by atoms with E-state index in [1.54, 1.807) is 19.0 Å². The molecule has 162 valence electrons. The normalized spacial score (nSPS) is 23.8. The van der Waals surface area contributed by atoms with E-state index in [0.29, 0.717) is 11.2 Å². The summed E-state index contributed by atoms with van der Waals surface area (Å²) < 4.78 is 9.66. The fourth-order valence-corrected chi connectivity index (χ4v) is 3.63. The van der Waals surface area contributed by atoms with E-state index < -0.39 is 36.7 Å². The molecule has 5 heterocycles. The van der Waals surface area contributed by atoms with E-state index in [1.807, 2.05) is 0 Å². The second kappa shape index (κ2) is 7.05. The van der Waals surface area contributed by atoms with Crippen molar-refractivity contribution in [3.8, 4) is 0 Å². The number of fused-ring (bicyclic) bond motifs is 2. The van der Waals surface area contributed by atoms with Gasteiger partial charge in [-0.15, -0.1) is 0 Å². The van der Waals surface area contributed by atoms with Gasteiger partial charge in [-0.2, -0.15) is 9.66 Å². The highest BCUT2D eigenvalue weighted by molar-refractivity contribution is 5.73. The van der Waals surface area contributed by atoms with Gasteiger partial charge in [0, 0.05) is 14.1 Å². The Balaban J connectivity index is 1.73. The van der Waals surface area contributed by atoms with Crippen LogP contribution in [-0.4, -0.2) is 93.2 Å². The van der Waals surface area contributed by atoms with Crippen molar-refractivity contribution in [3.63, 3.8) is 0 Å². The van der Waals surface area contributed by atoms with Crippen LogP contribution in [0.15, 0.2) is 30.0 Å². The number of imidazole rings is 2. The first-order valence-corrected chi connectivity index (χ1v) is 9.35. The molecule has 14 heteroatoms. The van der Waals surface area contributed by atoms with Crippen LogP contribution in [0.2, 0.25) is 0 Å². The van der Waals surface area contributed by atoms with Crippen LogP contribution in [0, 0.1) is 0 Å². The molecular formula is C17H19N9O5. The SMILES string of the molecule is CN(C)c1nc2c(ncn2[C@@H]2O[C@H](CO)[C@@H](O)[C@H]2O)c(=O)n1-n1cnc2cncnc21. The number of nitrogens with zero attached hydrogens (tertiary/aromatic N) is 9. The minimum atomic E-state index is -1.34. The first-order valence-electron chi connectivity index (χ1n) is 9.35. The maximum atomic E-state index is 13.4. The molecule has 3 N–H and O–H groups in total. The van der Waals surface area contributed by atoms with E-state index in [9.17, 15) is 20.1 Å². The number of anilines is 1. The minimum absolute atomic E-state index is 0.0132. The van der Waals surface area contributed by atoms with E-state index >= 15 is 0 Å². The first-order chi connectivity index (χ1) is 14.9. The summed E-state index contributed by atoms with van der Waals surface area (Å²) in [6, 6.07) is 0. The standard InChI is InChI=1S/C17H19N9O5/c1-23(2)17-22-14-10(21-6-24(14)16-12(29)11(28)9(4-27)31-16)15(30)26(17)25-7-20-8-3-18-5-19-13(8)25/h3,5-7,9,11-12,16,27-29H,4H2,1-2H3/t9-,11-,12-,16-/m1/s1. The molecule has 0 saturated carbocycles. The van der Waals surface area contributed by atoms with Crippen molar-refractivity contribution in [2.24, 2.45) is 0 Å². The molecule has 1 saturated heterocycles. The van der Waals surface area contributed by atoms with Gasteiger partial charge >= 0.3 is 5.56 Å². The summed E-state index contributed by atoms with van der Waals surface area (Å²) in [7, 11) is 3.43. The van der Waals surface area contributed by atoms with Gasteiger partial charge in [-0.1, -0.05) is 0 Å². The second-order valence-electron chi connectivity index (χ2n) is 7.30. The molecule has 31 heavy (non-hydrogen) atoms. The molecule has 0 spiro atoms. The molecule has 0 aromatic carbocycles. The smallest absolute Gasteiger partial charge is 0.302 e. The van der Waals surface area contributed by atoms with Crippen LogP contribution >= 0.6 is 0 Å². The van der Waals surface area contributed by atoms with Crippen LogP contribution in [0.1, 0.15) is 6.23 Å². The van der Waals surface area contributed by atoms with Gasteiger partial charge in [-0.3, -0.25) is 9.36 Å². The van der Waals surface area contributed by atoms with Crippen LogP contribution in [0.4, 0.5) is 5.95 Å². The average Bonchev–Trinajstić information content (AvgIpc) is 3.45. The fourth-order valence-electron chi connectivity index (χ4n) is 3.63. The van der Waals surface area contributed by atoms with Crippen LogP contribution < -0.4 is 10.5 Å². The Kier molecular flexibility index (Phi) is 4.44. The van der Waals surface area contributed by atoms with Crippen molar-refractivity contribution < 1.29 is 20.1 Å². The zero-order chi connectivity index (χ0) is 21.9. The van der Waals surface area contributed by atoms with Gasteiger partial charge < -0.3 is 25.0 Å². The molecular weight excluding hydrogens is 410 g/mol. The number of hydrogen-bond donors (Lipinski definition) is 3. The van der Waals surface area contributed by atoms with Crippen molar-refractivity contribution in [2.45, 2.75) is 24.5 Å². The Labute approximate surface area is 173 Å². The zero-order valence-corrected chi connectivity index (χ0v) is 16.5. The summed E-state index contributed by atoms with van der Waals surface area (Å²) in [5.74, 6) is 0.240. The summed E-state index contributed by atoms with van der Waals surface area (Å²) in [4.78, 5) is 36.2. The van der Waals surface area contributed by atoms with E-state index in [0.717, 1.165) is 0 Å². The van der Waals surface area contributed by atoms with Gasteiger partial charge in [0.2, 0.25) is 5.95 Å². The largest absolute Gasteiger partial charge is 0.394 e. The Bertz CT molecular complexity index is 1330. The third kappa shape index (κ3) is 2.80. The molecule has 5 rings (SSSR count). The van der Waals surface area contributed by atoms with E-state index in [-0.39, 0.29) is 17.1 Å². The number of aromatic nitrogens is 8. The van der Waals surface area contributed by atoms with Gasteiger partial charge in [-0.05, 0) is 0 Å². The van der Waals surface area contributed by atoms with Crippen molar-refractivity contribution in [1.82, 2.24) is 38.8 Å². The van der Waals surface area contributed by atoms with Crippen LogP contribution in [0.25, 0.3) is 22.3 Å². The van der Waals surface area contributed by atoms with Crippen LogP contribution in [-0.2, 0) is 4.74 Å². The van der Waals surface area contributed by atoms with Crippen LogP contribution in [0.3, 0.4) is 0 Å². The molecule has 4 aromatic heterocycles. The average molecular weight is 429 g/mol. The molecule has 1 fully saturated rings. The van der Waals surface area contributed by atoms with Crippen molar-refractivity contribution in [3.05, 3.63) is 35.5 Å². The lowest BCUT2D eigenvalue weighted by Crippen LogP contribution is -2.34. The quantitative estimate of drug-likeness (QED) is 0.319. The molecule has 1 aliphatic heterocycles. The molecule has 0 unspecified atom stereocenters. The summed E-state index contributed by atoms with van der Waals surface area (Å²) in [6.45, 7) is -0.472. The predicted octanol–water partition coefficient (Wildman–Crippen LogP) is -2.28. The van der Waals surface area contributed by atoms with Gasteiger partial charge in [0.1, 0.15) is 36.5 Å². The lowest BCUT2D eigenvalue weighted by molar-refractivity contribution is -0.0511. The minimum Gasteiger partial charge on any atom is -0.394 e. The highest BCUT2D eigenvalue weighted by Gasteiger charge is 2.44. The summed E-state index contributed by atoms with van der Waals surface area (Å²) >= 11 is 0. The fraction of sp³-hybridized carbons (Fsp3) is 0.412. The maximum absolute atomic E-state index is 13.4. The van der Waals surface area contributed by atoms with Crippen molar-refractivity contribution in [1.29, 1.82) is 0 Å². The number of hydrogen-bond acceptors (Lipinski definition) is 11. The number of rotatable bonds is 4. The summed E-state index contributed by atoms with van der Waals surface area (Å²) in [5, 5.41) is 29.8. The molecule has 14 nitrogen and oxygen atoms in total. The third-order valence-electron chi connectivity index (χ3n) is 5.16. The van der Waals surface area contributed by atoms with E-state index in [2.05, 4.69) is 24.9 Å². The predicted molar refractivity (Wildman–Crippen MR) is 105 cm³/mol.